The van der Waals surface area contributed by atoms with Gasteiger partial charge in [0.1, 0.15) is 11.6 Å². The molecule has 120 valence electrons. The van der Waals surface area contributed by atoms with E-state index in [0.717, 1.165) is 6.07 Å². The zero-order valence-electron chi connectivity index (χ0n) is 12.0. The first-order valence-electron chi connectivity index (χ1n) is 6.54. The summed E-state index contributed by atoms with van der Waals surface area (Å²) in [5.74, 6) is -0.735. The van der Waals surface area contributed by atoms with Gasteiger partial charge in [-0.15, -0.1) is 0 Å². The average molecular weight is 339 g/mol. The molecule has 0 bridgehead atoms. The third-order valence-corrected chi connectivity index (χ3v) is 3.21. The molecule has 2 aromatic carbocycles. The van der Waals surface area contributed by atoms with Crippen molar-refractivity contribution in [2.75, 3.05) is 5.32 Å². The predicted octanol–water partition coefficient (Wildman–Crippen LogP) is 3.79. The van der Waals surface area contributed by atoms with Gasteiger partial charge in [0.05, 0.1) is 9.95 Å². The third kappa shape index (κ3) is 4.40. The fourth-order valence-corrected chi connectivity index (χ4v) is 1.90. The molecule has 0 aliphatic carbocycles. The van der Waals surface area contributed by atoms with Gasteiger partial charge in [0, 0.05) is 17.8 Å². The summed E-state index contributed by atoms with van der Waals surface area (Å²) in [6.07, 6.45) is -0.861. The van der Waals surface area contributed by atoms with Crippen molar-refractivity contribution in [1.29, 1.82) is 0 Å². The minimum absolute atomic E-state index is 0.0737. The molecule has 1 unspecified atom stereocenters. The number of non-ortho nitro benzene ring substituents is 1. The number of nitro groups is 1. The molecule has 23 heavy (non-hydrogen) atoms. The van der Waals surface area contributed by atoms with Crippen LogP contribution in [0.4, 0.5) is 15.8 Å². The van der Waals surface area contributed by atoms with Crippen molar-refractivity contribution < 1.29 is 18.8 Å². The molecule has 2 aromatic rings. The summed E-state index contributed by atoms with van der Waals surface area (Å²) in [6, 6.07) is 9.15. The molecule has 0 radical (unpaired) electrons. The fourth-order valence-electron chi connectivity index (χ4n) is 1.72. The van der Waals surface area contributed by atoms with Crippen LogP contribution in [0.1, 0.15) is 6.92 Å². The second-order valence-electron chi connectivity index (χ2n) is 4.63. The van der Waals surface area contributed by atoms with E-state index in [4.69, 9.17) is 16.3 Å². The van der Waals surface area contributed by atoms with Crippen molar-refractivity contribution in [2.45, 2.75) is 13.0 Å². The van der Waals surface area contributed by atoms with Crippen molar-refractivity contribution in [2.24, 2.45) is 0 Å². The molecule has 8 heteroatoms. The Morgan fingerprint density at radius 3 is 2.52 bits per heavy atom. The number of ether oxygens (including phenoxy) is 1. The molecule has 0 aromatic heterocycles. The lowest BCUT2D eigenvalue weighted by atomic mass is 10.2. The topological polar surface area (TPSA) is 81.5 Å². The van der Waals surface area contributed by atoms with Crippen molar-refractivity contribution >= 4 is 28.9 Å². The largest absolute Gasteiger partial charge is 0.481 e. The Labute approximate surface area is 136 Å². The van der Waals surface area contributed by atoms with Crippen LogP contribution < -0.4 is 10.1 Å². The van der Waals surface area contributed by atoms with Crippen molar-refractivity contribution in [3.05, 3.63) is 63.4 Å². The number of nitro benzene ring substituents is 1. The molecule has 0 saturated carbocycles. The first-order chi connectivity index (χ1) is 10.9. The Hall–Kier alpha value is -2.67. The molecule has 0 aliphatic rings. The number of hydrogen-bond donors (Lipinski definition) is 1. The average Bonchev–Trinajstić information content (AvgIpc) is 2.51. The molecule has 0 saturated heterocycles. The van der Waals surface area contributed by atoms with Crippen molar-refractivity contribution in [3.8, 4) is 5.75 Å². The Balaban J connectivity index is 1.99. The lowest BCUT2D eigenvalue weighted by Gasteiger charge is -2.14. The van der Waals surface area contributed by atoms with Crippen LogP contribution in [0.3, 0.4) is 0 Å². The van der Waals surface area contributed by atoms with Crippen LogP contribution >= 0.6 is 11.6 Å². The van der Waals surface area contributed by atoms with E-state index >= 15 is 0 Å². The SMILES string of the molecule is CC(Oc1ccc([N+](=O)[O-])cc1)C(=O)Nc1ccc(F)c(Cl)c1. The van der Waals surface area contributed by atoms with Crippen molar-refractivity contribution in [3.63, 3.8) is 0 Å². The first kappa shape index (κ1) is 16.7. The van der Waals surface area contributed by atoms with E-state index in [0.29, 0.717) is 11.4 Å². The third-order valence-electron chi connectivity index (χ3n) is 2.92. The normalized spacial score (nSPS) is 11.6. The first-order valence-corrected chi connectivity index (χ1v) is 6.91. The summed E-state index contributed by atoms with van der Waals surface area (Å²) in [6.45, 7) is 1.52. The summed E-state index contributed by atoms with van der Waals surface area (Å²) < 4.78 is 18.4. The second-order valence-corrected chi connectivity index (χ2v) is 5.04. The molecular weight excluding hydrogens is 327 g/mol. The lowest BCUT2D eigenvalue weighted by molar-refractivity contribution is -0.384. The number of rotatable bonds is 5. The number of anilines is 1. The number of nitrogens with zero attached hydrogens (tertiary/aromatic N) is 1. The van der Waals surface area contributed by atoms with E-state index < -0.39 is 22.8 Å². The van der Waals surface area contributed by atoms with E-state index in [1.54, 1.807) is 0 Å². The number of halogens is 2. The quantitative estimate of drug-likeness (QED) is 0.664. The summed E-state index contributed by atoms with van der Waals surface area (Å²) in [5, 5.41) is 13.0. The maximum absolute atomic E-state index is 13.1. The Morgan fingerprint density at radius 1 is 1.30 bits per heavy atom. The molecule has 1 N–H and O–H groups in total. The van der Waals surface area contributed by atoms with E-state index in [9.17, 15) is 19.3 Å². The number of carbonyl (C=O) groups excluding carboxylic acids is 1. The summed E-state index contributed by atoms with van der Waals surface area (Å²) >= 11 is 5.63. The van der Waals surface area contributed by atoms with Gasteiger partial charge in [-0.2, -0.15) is 0 Å². The highest BCUT2D eigenvalue weighted by Gasteiger charge is 2.16. The highest BCUT2D eigenvalue weighted by molar-refractivity contribution is 6.31. The molecule has 0 heterocycles. The molecule has 0 fully saturated rings. The Bertz CT molecular complexity index is 737. The van der Waals surface area contributed by atoms with E-state index in [2.05, 4.69) is 5.32 Å². The lowest BCUT2D eigenvalue weighted by Crippen LogP contribution is -2.30. The maximum Gasteiger partial charge on any atom is 0.269 e. The van der Waals surface area contributed by atoms with Gasteiger partial charge in [-0.1, -0.05) is 11.6 Å². The van der Waals surface area contributed by atoms with Gasteiger partial charge in [0.2, 0.25) is 0 Å². The molecule has 1 amide bonds. The van der Waals surface area contributed by atoms with E-state index in [1.807, 2.05) is 0 Å². The highest BCUT2D eigenvalue weighted by Crippen LogP contribution is 2.21. The van der Waals surface area contributed by atoms with Gasteiger partial charge < -0.3 is 10.1 Å². The van der Waals surface area contributed by atoms with Crippen LogP contribution in [0.15, 0.2) is 42.5 Å². The molecule has 0 spiro atoms. The zero-order chi connectivity index (χ0) is 17.0. The smallest absolute Gasteiger partial charge is 0.269 e. The minimum Gasteiger partial charge on any atom is -0.481 e. The van der Waals surface area contributed by atoms with Crippen LogP contribution in [0, 0.1) is 15.9 Å². The van der Waals surface area contributed by atoms with E-state index in [-0.39, 0.29) is 10.7 Å². The number of hydrogen-bond acceptors (Lipinski definition) is 4. The van der Waals surface area contributed by atoms with Crippen LogP contribution in [0.5, 0.6) is 5.75 Å². The van der Waals surface area contributed by atoms with Gasteiger partial charge in [-0.25, -0.2) is 4.39 Å². The Kier molecular flexibility index (Phi) is 5.13. The van der Waals surface area contributed by atoms with E-state index in [1.165, 1.54) is 43.3 Å². The predicted molar refractivity (Wildman–Crippen MR) is 83.2 cm³/mol. The number of amides is 1. The molecular formula is C15H12ClFN2O4. The molecule has 2 rings (SSSR count). The van der Waals surface area contributed by atoms with Gasteiger partial charge in [-0.3, -0.25) is 14.9 Å². The monoisotopic (exact) mass is 338 g/mol. The van der Waals surface area contributed by atoms with Gasteiger partial charge in [-0.05, 0) is 37.3 Å². The van der Waals surface area contributed by atoms with Gasteiger partial charge in [0.25, 0.3) is 11.6 Å². The fraction of sp³-hybridized carbons (Fsp3) is 0.133. The Morgan fingerprint density at radius 2 is 1.96 bits per heavy atom. The minimum atomic E-state index is -0.861. The van der Waals surface area contributed by atoms with Crippen LogP contribution in [-0.2, 0) is 4.79 Å². The molecule has 0 aliphatic heterocycles. The number of carbonyl (C=O) groups is 1. The maximum atomic E-state index is 13.1. The standard InChI is InChI=1S/C15H12ClFN2O4/c1-9(23-12-5-3-11(4-6-12)19(21)22)15(20)18-10-2-7-14(17)13(16)8-10/h2-9H,1H3,(H,18,20). The number of nitrogens with one attached hydrogen (secondary N) is 1. The van der Waals surface area contributed by atoms with Gasteiger partial charge in [0.15, 0.2) is 6.10 Å². The van der Waals surface area contributed by atoms with Crippen LogP contribution in [0.2, 0.25) is 5.02 Å². The zero-order valence-corrected chi connectivity index (χ0v) is 12.7. The second kappa shape index (κ2) is 7.06. The summed E-state index contributed by atoms with van der Waals surface area (Å²) in [4.78, 5) is 22.0. The summed E-state index contributed by atoms with van der Waals surface area (Å²) in [7, 11) is 0. The van der Waals surface area contributed by atoms with Crippen LogP contribution in [0.25, 0.3) is 0 Å². The molecule has 6 nitrogen and oxygen atoms in total. The summed E-state index contributed by atoms with van der Waals surface area (Å²) in [5.41, 5.74) is 0.260. The highest BCUT2D eigenvalue weighted by atomic mass is 35.5. The van der Waals surface area contributed by atoms with Gasteiger partial charge >= 0.3 is 0 Å². The van der Waals surface area contributed by atoms with Crippen LogP contribution in [-0.4, -0.2) is 16.9 Å². The number of benzene rings is 2. The van der Waals surface area contributed by atoms with Crippen molar-refractivity contribution in [1.82, 2.24) is 0 Å². The molecule has 1 atom stereocenters.